The highest BCUT2D eigenvalue weighted by molar-refractivity contribution is 6.25. The molecule has 0 saturated heterocycles. The minimum atomic E-state index is -1.41. The number of imide groups is 1. The number of nitriles is 1. The molecule has 7 heteroatoms. The number of rotatable bonds is 3. The quantitative estimate of drug-likeness (QED) is 0.669. The van der Waals surface area contributed by atoms with Gasteiger partial charge < -0.3 is 4.74 Å². The molecule has 0 N–H and O–H groups in total. The number of hydrogen-bond acceptors (Lipinski definition) is 4. The Kier molecular flexibility index (Phi) is 5.38. The van der Waals surface area contributed by atoms with Crippen LogP contribution >= 0.6 is 11.6 Å². The van der Waals surface area contributed by atoms with Gasteiger partial charge in [0.1, 0.15) is 22.2 Å². The van der Waals surface area contributed by atoms with Crippen molar-refractivity contribution in [3.63, 3.8) is 0 Å². The number of carbonyl (C=O) groups excluding carboxylic acids is 2. The number of anilines is 1. The number of fused-ring (bicyclic) bond motifs is 1. The third-order valence-corrected chi connectivity index (χ3v) is 4.96. The summed E-state index contributed by atoms with van der Waals surface area (Å²) in [6, 6.07) is 14.1. The molecule has 1 heterocycles. The molecule has 0 radical (unpaired) electrons. The van der Waals surface area contributed by atoms with E-state index in [1.165, 1.54) is 24.3 Å². The molecule has 2 atom stereocenters. The first kappa shape index (κ1) is 20.8. The van der Waals surface area contributed by atoms with E-state index in [9.17, 15) is 19.2 Å². The number of alkyl halides is 1. The summed E-state index contributed by atoms with van der Waals surface area (Å²) in [5.41, 5.74) is -0.900. The predicted molar refractivity (Wildman–Crippen MR) is 107 cm³/mol. The third kappa shape index (κ3) is 3.70. The van der Waals surface area contributed by atoms with E-state index >= 15 is 0 Å². The second-order valence-electron chi connectivity index (χ2n) is 7.85. The molecule has 0 unspecified atom stereocenters. The lowest BCUT2D eigenvalue weighted by molar-refractivity contribution is -0.121. The summed E-state index contributed by atoms with van der Waals surface area (Å²) in [7, 11) is 0. The van der Waals surface area contributed by atoms with Crippen LogP contribution in [0.15, 0.2) is 48.5 Å². The lowest BCUT2D eigenvalue weighted by Gasteiger charge is -2.30. The molecule has 1 aliphatic rings. The van der Waals surface area contributed by atoms with Gasteiger partial charge in [0.25, 0.3) is 5.91 Å². The van der Waals surface area contributed by atoms with Crippen LogP contribution in [0.1, 0.15) is 38.3 Å². The zero-order valence-corrected chi connectivity index (χ0v) is 17.0. The fourth-order valence-electron chi connectivity index (χ4n) is 3.58. The summed E-state index contributed by atoms with van der Waals surface area (Å²) >= 11 is 6.16. The molecule has 0 fully saturated rings. The third-order valence-electron chi connectivity index (χ3n) is 4.71. The monoisotopic (exact) mass is 414 g/mol. The fourth-order valence-corrected chi connectivity index (χ4v) is 3.81. The van der Waals surface area contributed by atoms with Gasteiger partial charge in [0.15, 0.2) is 0 Å². The minimum Gasteiger partial charge on any atom is -0.443 e. The summed E-state index contributed by atoms with van der Waals surface area (Å²) in [5.74, 6) is -1.05. The van der Waals surface area contributed by atoms with E-state index in [4.69, 9.17) is 16.3 Å². The van der Waals surface area contributed by atoms with Crippen LogP contribution in [-0.2, 0) is 14.9 Å². The molecule has 3 rings (SSSR count). The van der Waals surface area contributed by atoms with Crippen LogP contribution in [0.5, 0.6) is 0 Å². The number of para-hydroxylation sites is 1. The van der Waals surface area contributed by atoms with Gasteiger partial charge in [-0.2, -0.15) is 5.26 Å². The molecule has 1 aliphatic heterocycles. The highest BCUT2D eigenvalue weighted by Gasteiger charge is 2.55. The van der Waals surface area contributed by atoms with Crippen LogP contribution in [0.3, 0.4) is 0 Å². The average Bonchev–Trinajstić information content (AvgIpc) is 2.90. The summed E-state index contributed by atoms with van der Waals surface area (Å²) < 4.78 is 19.0. The Hall–Kier alpha value is -2.91. The Morgan fingerprint density at radius 3 is 2.45 bits per heavy atom. The Balaban J connectivity index is 2.23. The molecule has 2 aromatic carbocycles. The van der Waals surface area contributed by atoms with E-state index in [2.05, 4.69) is 0 Å². The number of halogens is 2. The molecule has 29 heavy (non-hydrogen) atoms. The molecular formula is C22H20ClFN2O3. The predicted octanol–water partition coefficient (Wildman–Crippen LogP) is 4.91. The van der Waals surface area contributed by atoms with Crippen molar-refractivity contribution in [3.8, 4) is 6.07 Å². The first-order valence-corrected chi connectivity index (χ1v) is 9.50. The normalized spacial score (nSPS) is 19.4. The highest BCUT2D eigenvalue weighted by Crippen LogP contribution is 2.49. The van der Waals surface area contributed by atoms with E-state index in [0.29, 0.717) is 16.8 Å². The van der Waals surface area contributed by atoms with E-state index in [1.54, 1.807) is 45.0 Å². The number of ether oxygens (including phenoxy) is 1. The van der Waals surface area contributed by atoms with Crippen LogP contribution in [-0.4, -0.2) is 23.0 Å². The molecule has 2 amide bonds. The van der Waals surface area contributed by atoms with Crippen LogP contribution in [0.4, 0.5) is 14.9 Å². The Labute approximate surface area is 173 Å². The van der Waals surface area contributed by atoms with Gasteiger partial charge in [-0.15, -0.1) is 11.6 Å². The Morgan fingerprint density at radius 1 is 1.24 bits per heavy atom. The summed E-state index contributed by atoms with van der Waals surface area (Å²) in [4.78, 5) is 27.6. The zero-order valence-electron chi connectivity index (χ0n) is 16.3. The largest absolute Gasteiger partial charge is 0.443 e. The van der Waals surface area contributed by atoms with Crippen LogP contribution in [0.25, 0.3) is 0 Å². The Morgan fingerprint density at radius 2 is 1.86 bits per heavy atom. The van der Waals surface area contributed by atoms with Gasteiger partial charge in [-0.3, -0.25) is 4.79 Å². The first-order valence-electron chi connectivity index (χ1n) is 9.07. The number of hydrogen-bond donors (Lipinski definition) is 0. The molecule has 0 saturated carbocycles. The van der Waals surface area contributed by atoms with Gasteiger partial charge in [0.2, 0.25) is 0 Å². The van der Waals surface area contributed by atoms with Crippen molar-refractivity contribution in [1.29, 1.82) is 5.26 Å². The standard InChI is InChI=1S/C22H20ClFN2O3/c1-21(2,3)29-20(28)26-18-7-5-4-6-17(18)22(19(26)27,12-15(23)13-25)14-8-10-16(24)11-9-14/h4-11,15H,12H2,1-3H3/t15-,22+/m0/s1. The second kappa shape index (κ2) is 7.49. The molecule has 5 nitrogen and oxygen atoms in total. The van der Waals surface area contributed by atoms with Crippen molar-refractivity contribution in [2.24, 2.45) is 0 Å². The van der Waals surface area contributed by atoms with Crippen LogP contribution < -0.4 is 4.90 Å². The van der Waals surface area contributed by atoms with Gasteiger partial charge in [-0.1, -0.05) is 30.3 Å². The van der Waals surface area contributed by atoms with Gasteiger partial charge >= 0.3 is 6.09 Å². The van der Waals surface area contributed by atoms with Crippen molar-refractivity contribution in [2.75, 3.05) is 4.90 Å². The van der Waals surface area contributed by atoms with Gasteiger partial charge in [0.05, 0.1) is 11.8 Å². The highest BCUT2D eigenvalue weighted by atomic mass is 35.5. The summed E-state index contributed by atoms with van der Waals surface area (Å²) in [5, 5.41) is 8.30. The number of amides is 2. The zero-order chi connectivity index (χ0) is 21.4. The van der Waals surface area contributed by atoms with Crippen molar-refractivity contribution in [2.45, 2.75) is 43.6 Å². The molecule has 0 aromatic heterocycles. The molecule has 0 bridgehead atoms. The fraction of sp³-hybridized carbons (Fsp3) is 0.318. The van der Waals surface area contributed by atoms with E-state index < -0.39 is 34.2 Å². The maximum absolute atomic E-state index is 13.7. The lowest BCUT2D eigenvalue weighted by atomic mass is 9.72. The SMILES string of the molecule is CC(C)(C)OC(=O)N1C(=O)[C@](C[C@H](Cl)C#N)(c2ccc(F)cc2)c2ccccc21. The molecule has 2 aromatic rings. The van der Waals surface area contributed by atoms with Gasteiger partial charge in [-0.05, 0) is 56.5 Å². The van der Waals surface area contributed by atoms with Gasteiger partial charge in [-0.25, -0.2) is 14.1 Å². The maximum atomic E-state index is 13.7. The lowest BCUT2D eigenvalue weighted by Crippen LogP contribution is -2.46. The molecule has 150 valence electrons. The van der Waals surface area contributed by atoms with Crippen LogP contribution in [0.2, 0.25) is 0 Å². The molecule has 0 spiro atoms. The van der Waals surface area contributed by atoms with E-state index in [-0.39, 0.29) is 6.42 Å². The summed E-state index contributed by atoms with van der Waals surface area (Å²) in [6.07, 6.45) is -0.895. The van der Waals surface area contributed by atoms with Crippen molar-refractivity contribution in [3.05, 3.63) is 65.5 Å². The summed E-state index contributed by atoms with van der Waals surface area (Å²) in [6.45, 7) is 5.11. The first-order chi connectivity index (χ1) is 13.6. The van der Waals surface area contributed by atoms with Crippen molar-refractivity contribution < 1.29 is 18.7 Å². The smallest absolute Gasteiger partial charge is 0.421 e. The van der Waals surface area contributed by atoms with Crippen molar-refractivity contribution in [1.82, 2.24) is 0 Å². The van der Waals surface area contributed by atoms with Crippen LogP contribution in [0, 0.1) is 17.1 Å². The second-order valence-corrected chi connectivity index (χ2v) is 8.38. The van der Waals surface area contributed by atoms with E-state index in [0.717, 1.165) is 4.90 Å². The van der Waals surface area contributed by atoms with Gasteiger partial charge in [0, 0.05) is 0 Å². The number of benzene rings is 2. The Bertz CT molecular complexity index is 994. The minimum absolute atomic E-state index is 0.0775. The number of carbonyl (C=O) groups is 2. The van der Waals surface area contributed by atoms with Crippen molar-refractivity contribution >= 4 is 29.3 Å². The molecule has 0 aliphatic carbocycles. The number of nitrogens with zero attached hydrogens (tertiary/aromatic N) is 2. The topological polar surface area (TPSA) is 70.4 Å². The average molecular weight is 415 g/mol. The maximum Gasteiger partial charge on any atom is 0.421 e. The van der Waals surface area contributed by atoms with E-state index in [1.807, 2.05) is 6.07 Å². The molecular weight excluding hydrogens is 395 g/mol.